The molecule has 1 aliphatic rings. The third-order valence-corrected chi connectivity index (χ3v) is 2.32. The summed E-state index contributed by atoms with van der Waals surface area (Å²) in [6.45, 7) is 3.98. The summed E-state index contributed by atoms with van der Waals surface area (Å²) in [5.41, 5.74) is 0. The standard InChI is InChI=1S/C10H21NO2/c1-9(6-7-11-2)13-10-5-3-4-8-12-10/h9-11H,3-8H2,1-2H3. The van der Waals surface area contributed by atoms with E-state index in [1.807, 2.05) is 7.05 Å². The highest BCUT2D eigenvalue weighted by atomic mass is 16.7. The predicted molar refractivity (Wildman–Crippen MR) is 52.7 cm³/mol. The topological polar surface area (TPSA) is 30.5 Å². The Kier molecular flexibility index (Phi) is 5.35. The van der Waals surface area contributed by atoms with Crippen LogP contribution < -0.4 is 5.32 Å². The Morgan fingerprint density at radius 3 is 3.00 bits per heavy atom. The molecule has 0 amide bonds. The van der Waals surface area contributed by atoms with Crippen molar-refractivity contribution in [3.05, 3.63) is 0 Å². The van der Waals surface area contributed by atoms with E-state index in [4.69, 9.17) is 9.47 Å². The molecule has 0 aromatic rings. The highest BCUT2D eigenvalue weighted by molar-refractivity contribution is 4.58. The first-order chi connectivity index (χ1) is 6.33. The van der Waals surface area contributed by atoms with Gasteiger partial charge in [-0.25, -0.2) is 0 Å². The SMILES string of the molecule is CNCCC(C)OC1CCCCO1. The molecule has 0 aliphatic carbocycles. The second-order valence-corrected chi connectivity index (χ2v) is 3.64. The van der Waals surface area contributed by atoms with Crippen molar-refractivity contribution in [1.82, 2.24) is 5.32 Å². The average molecular weight is 187 g/mol. The lowest BCUT2D eigenvalue weighted by Crippen LogP contribution is -2.28. The fraction of sp³-hybridized carbons (Fsp3) is 1.00. The lowest BCUT2D eigenvalue weighted by molar-refractivity contribution is -0.185. The van der Waals surface area contributed by atoms with Crippen LogP contribution in [0.1, 0.15) is 32.6 Å². The quantitative estimate of drug-likeness (QED) is 0.708. The second kappa shape index (κ2) is 6.35. The molecule has 1 heterocycles. The summed E-state index contributed by atoms with van der Waals surface area (Å²) in [5, 5.41) is 3.12. The third-order valence-electron chi connectivity index (χ3n) is 2.32. The van der Waals surface area contributed by atoms with Crippen molar-refractivity contribution in [2.75, 3.05) is 20.2 Å². The van der Waals surface area contributed by atoms with Crippen LogP contribution in [0.2, 0.25) is 0 Å². The molecule has 0 saturated carbocycles. The summed E-state index contributed by atoms with van der Waals surface area (Å²) in [7, 11) is 1.96. The van der Waals surface area contributed by atoms with Gasteiger partial charge >= 0.3 is 0 Å². The van der Waals surface area contributed by atoms with Crippen molar-refractivity contribution in [3.63, 3.8) is 0 Å². The van der Waals surface area contributed by atoms with Crippen molar-refractivity contribution >= 4 is 0 Å². The van der Waals surface area contributed by atoms with Crippen LogP contribution in [0.4, 0.5) is 0 Å². The van der Waals surface area contributed by atoms with E-state index in [9.17, 15) is 0 Å². The van der Waals surface area contributed by atoms with Crippen LogP contribution in [0.25, 0.3) is 0 Å². The van der Waals surface area contributed by atoms with Crippen molar-refractivity contribution in [1.29, 1.82) is 0 Å². The molecule has 3 nitrogen and oxygen atoms in total. The van der Waals surface area contributed by atoms with Crippen LogP contribution in [0.15, 0.2) is 0 Å². The maximum Gasteiger partial charge on any atom is 0.157 e. The summed E-state index contributed by atoms with van der Waals surface area (Å²) < 4.78 is 11.2. The molecular formula is C10H21NO2. The second-order valence-electron chi connectivity index (χ2n) is 3.64. The lowest BCUT2D eigenvalue weighted by Gasteiger charge is -2.25. The van der Waals surface area contributed by atoms with Crippen LogP contribution in [-0.4, -0.2) is 32.6 Å². The van der Waals surface area contributed by atoms with Gasteiger partial charge in [-0.2, -0.15) is 0 Å². The summed E-state index contributed by atoms with van der Waals surface area (Å²) in [5.74, 6) is 0. The maximum absolute atomic E-state index is 5.73. The Morgan fingerprint density at radius 2 is 2.38 bits per heavy atom. The van der Waals surface area contributed by atoms with E-state index < -0.39 is 0 Å². The monoisotopic (exact) mass is 187 g/mol. The van der Waals surface area contributed by atoms with Crippen molar-refractivity contribution in [2.24, 2.45) is 0 Å². The third kappa shape index (κ3) is 4.60. The Morgan fingerprint density at radius 1 is 1.54 bits per heavy atom. The lowest BCUT2D eigenvalue weighted by atomic mass is 10.2. The van der Waals surface area contributed by atoms with Gasteiger partial charge in [-0.3, -0.25) is 0 Å². The smallest absolute Gasteiger partial charge is 0.157 e. The van der Waals surface area contributed by atoms with Gasteiger partial charge in [-0.1, -0.05) is 0 Å². The van der Waals surface area contributed by atoms with Crippen LogP contribution in [-0.2, 0) is 9.47 Å². The molecule has 0 aromatic carbocycles. The molecule has 1 fully saturated rings. The van der Waals surface area contributed by atoms with E-state index in [-0.39, 0.29) is 6.29 Å². The van der Waals surface area contributed by atoms with Crippen LogP contribution >= 0.6 is 0 Å². The Hall–Kier alpha value is -0.120. The van der Waals surface area contributed by atoms with Gasteiger partial charge in [0.15, 0.2) is 6.29 Å². The normalized spacial score (nSPS) is 25.8. The molecule has 0 radical (unpaired) electrons. The minimum absolute atomic E-state index is 0.0561. The number of hydrogen-bond donors (Lipinski definition) is 1. The first kappa shape index (κ1) is 11.0. The van der Waals surface area contributed by atoms with Crippen LogP contribution in [0.3, 0.4) is 0 Å². The summed E-state index contributed by atoms with van der Waals surface area (Å²) >= 11 is 0. The first-order valence-corrected chi connectivity index (χ1v) is 5.24. The molecule has 3 heteroatoms. The van der Waals surface area contributed by atoms with Gasteiger partial charge in [-0.15, -0.1) is 0 Å². The maximum atomic E-state index is 5.73. The number of nitrogens with one attached hydrogen (secondary N) is 1. The first-order valence-electron chi connectivity index (χ1n) is 5.24. The van der Waals surface area contributed by atoms with E-state index in [0.717, 1.165) is 26.0 Å². The average Bonchev–Trinajstić information content (AvgIpc) is 2.16. The Balaban J connectivity index is 2.07. The zero-order valence-electron chi connectivity index (χ0n) is 8.71. The largest absolute Gasteiger partial charge is 0.353 e. The van der Waals surface area contributed by atoms with Crippen molar-refractivity contribution < 1.29 is 9.47 Å². The molecule has 1 saturated heterocycles. The molecule has 2 atom stereocenters. The summed E-state index contributed by atoms with van der Waals surface area (Å²) in [4.78, 5) is 0. The molecule has 78 valence electrons. The summed E-state index contributed by atoms with van der Waals surface area (Å²) in [6.07, 6.45) is 4.89. The zero-order chi connectivity index (χ0) is 9.52. The molecule has 1 N–H and O–H groups in total. The minimum Gasteiger partial charge on any atom is -0.353 e. The highest BCUT2D eigenvalue weighted by Crippen LogP contribution is 2.15. The van der Waals surface area contributed by atoms with Crippen LogP contribution in [0, 0.1) is 0 Å². The van der Waals surface area contributed by atoms with Gasteiger partial charge in [0.1, 0.15) is 0 Å². The molecule has 2 unspecified atom stereocenters. The zero-order valence-corrected chi connectivity index (χ0v) is 8.71. The van der Waals surface area contributed by atoms with Gasteiger partial charge in [-0.05, 0) is 46.2 Å². The molecule has 1 aliphatic heterocycles. The molecule has 1 rings (SSSR count). The van der Waals surface area contributed by atoms with Crippen LogP contribution in [0.5, 0.6) is 0 Å². The van der Waals surface area contributed by atoms with Crippen molar-refractivity contribution in [3.8, 4) is 0 Å². The minimum atomic E-state index is 0.0561. The van der Waals surface area contributed by atoms with Crippen molar-refractivity contribution in [2.45, 2.75) is 45.0 Å². The highest BCUT2D eigenvalue weighted by Gasteiger charge is 2.16. The predicted octanol–water partition coefficient (Wildman–Crippen LogP) is 1.53. The molecule has 0 aromatic heterocycles. The van der Waals surface area contributed by atoms with E-state index in [1.54, 1.807) is 0 Å². The van der Waals surface area contributed by atoms with E-state index in [1.165, 1.54) is 12.8 Å². The summed E-state index contributed by atoms with van der Waals surface area (Å²) in [6, 6.07) is 0. The molecular weight excluding hydrogens is 166 g/mol. The van der Waals surface area contributed by atoms with Gasteiger partial charge < -0.3 is 14.8 Å². The number of hydrogen-bond acceptors (Lipinski definition) is 3. The number of rotatable bonds is 5. The molecule has 0 bridgehead atoms. The Labute approximate surface area is 80.8 Å². The van der Waals surface area contributed by atoms with Gasteiger partial charge in [0.25, 0.3) is 0 Å². The van der Waals surface area contributed by atoms with E-state index >= 15 is 0 Å². The van der Waals surface area contributed by atoms with Gasteiger partial charge in [0.05, 0.1) is 6.10 Å². The van der Waals surface area contributed by atoms with Gasteiger partial charge in [0.2, 0.25) is 0 Å². The fourth-order valence-corrected chi connectivity index (χ4v) is 1.49. The molecule has 0 spiro atoms. The number of ether oxygens (including phenoxy) is 2. The van der Waals surface area contributed by atoms with E-state index in [0.29, 0.717) is 6.10 Å². The van der Waals surface area contributed by atoms with Gasteiger partial charge in [0, 0.05) is 6.61 Å². The van der Waals surface area contributed by atoms with E-state index in [2.05, 4.69) is 12.2 Å². The fourth-order valence-electron chi connectivity index (χ4n) is 1.49. The Bertz CT molecular complexity index is 124. The molecule has 13 heavy (non-hydrogen) atoms.